The fraction of sp³-hybridized carbons (Fsp3) is 1.00. The molecule has 8 heavy (non-hydrogen) atoms. The van der Waals surface area contributed by atoms with E-state index in [-0.39, 0.29) is 9.96 Å². The highest BCUT2D eigenvalue weighted by Crippen LogP contribution is 2.13. The average Bonchev–Trinajstić information content (AvgIpc) is 1.65. The summed E-state index contributed by atoms with van der Waals surface area (Å²) in [6.45, 7) is 0. The predicted molar refractivity (Wildman–Crippen MR) is 46.7 cm³/mol. The van der Waals surface area contributed by atoms with Crippen LogP contribution in [0.25, 0.3) is 0 Å². The van der Waals surface area contributed by atoms with Gasteiger partial charge in [-0.15, -0.1) is 23.2 Å². The first-order chi connectivity index (χ1) is 3.66. The largest absolute Gasteiger partial charge is 0.165 e. The molecule has 0 fully saturated rings. The number of rotatable bonds is 3. The van der Waals surface area contributed by atoms with Crippen LogP contribution >= 0.6 is 48.5 Å². The van der Waals surface area contributed by atoms with Gasteiger partial charge in [-0.3, -0.25) is 0 Å². The Labute approximate surface area is 70.8 Å². The van der Waals surface area contributed by atoms with Crippen molar-refractivity contribution in [3.63, 3.8) is 0 Å². The lowest BCUT2D eigenvalue weighted by molar-refractivity contribution is 0.891. The van der Waals surface area contributed by atoms with Gasteiger partial charge in [0.1, 0.15) is 0 Å². The Balaban J connectivity index is 3.10. The first kappa shape index (κ1) is 9.28. The second kappa shape index (κ2) is 5.10. The van der Waals surface area contributed by atoms with Gasteiger partial charge in [-0.1, -0.05) is 0 Å². The highest BCUT2D eigenvalue weighted by atomic mass is 35.5. The normalized spacial score (nSPS) is 14.6. The van der Waals surface area contributed by atoms with E-state index in [0.717, 1.165) is 6.42 Å². The minimum atomic E-state index is 0.0108. The predicted octanol–water partition coefficient (Wildman–Crippen LogP) is 2.41. The van der Waals surface area contributed by atoms with Crippen molar-refractivity contribution < 1.29 is 0 Å². The molecule has 0 saturated heterocycles. The lowest BCUT2D eigenvalue weighted by atomic mass is 10.4. The van der Waals surface area contributed by atoms with Crippen LogP contribution in [0.3, 0.4) is 0 Å². The van der Waals surface area contributed by atoms with Crippen LogP contribution in [0.5, 0.6) is 0 Å². The van der Waals surface area contributed by atoms with Crippen LogP contribution in [0, 0.1) is 0 Å². The van der Waals surface area contributed by atoms with Gasteiger partial charge in [0.25, 0.3) is 0 Å². The lowest BCUT2D eigenvalue weighted by Gasteiger charge is -2.05. The Morgan fingerprint density at radius 1 is 1.38 bits per heavy atom. The molecule has 0 aliphatic heterocycles. The van der Waals surface area contributed by atoms with E-state index in [1.807, 2.05) is 0 Å². The maximum Gasteiger partial charge on any atom is 0.0489 e. The van der Waals surface area contributed by atoms with Crippen molar-refractivity contribution in [3.05, 3.63) is 0 Å². The van der Waals surface area contributed by atoms with Gasteiger partial charge in [0.2, 0.25) is 0 Å². The van der Waals surface area contributed by atoms with E-state index in [4.69, 9.17) is 23.2 Å². The molecule has 4 heteroatoms. The van der Waals surface area contributed by atoms with Crippen LogP contribution in [-0.2, 0) is 0 Å². The highest BCUT2D eigenvalue weighted by molar-refractivity contribution is 7.99. The first-order valence-electron chi connectivity index (χ1n) is 2.23. The van der Waals surface area contributed by atoms with E-state index in [2.05, 4.69) is 25.3 Å². The van der Waals surface area contributed by atoms with Crippen LogP contribution in [0.15, 0.2) is 0 Å². The third-order valence-corrected chi connectivity index (χ3v) is 1.92. The van der Waals surface area contributed by atoms with Crippen LogP contribution in [0.4, 0.5) is 0 Å². The Bertz CT molecular complexity index is 58.0. The molecule has 0 nitrogen and oxygen atoms in total. The van der Waals surface area contributed by atoms with Crippen molar-refractivity contribution in [1.82, 2.24) is 0 Å². The molecule has 0 aliphatic rings. The monoisotopic (exact) mass is 190 g/mol. The molecule has 1 unspecified atom stereocenters. The summed E-state index contributed by atoms with van der Waals surface area (Å²) in [6.07, 6.45) is 0.747. The van der Waals surface area contributed by atoms with Crippen LogP contribution in [-0.4, -0.2) is 15.8 Å². The Morgan fingerprint density at radius 2 is 1.88 bits per heavy atom. The van der Waals surface area contributed by atoms with Gasteiger partial charge in [0.15, 0.2) is 0 Å². The average molecular weight is 191 g/mol. The van der Waals surface area contributed by atoms with Crippen LogP contribution in [0.1, 0.15) is 6.42 Å². The third-order valence-electron chi connectivity index (χ3n) is 0.634. The summed E-state index contributed by atoms with van der Waals surface area (Å²) < 4.78 is 0.0521. The summed E-state index contributed by atoms with van der Waals surface area (Å²) in [5.41, 5.74) is 0. The van der Waals surface area contributed by atoms with Gasteiger partial charge in [-0.2, -0.15) is 25.3 Å². The van der Waals surface area contributed by atoms with Crippen molar-refractivity contribution in [2.75, 3.05) is 5.88 Å². The molecule has 0 aliphatic carbocycles. The number of alkyl halides is 2. The van der Waals surface area contributed by atoms with E-state index in [9.17, 15) is 0 Å². The molecule has 0 aromatic carbocycles. The molecular formula is C4H8Cl2S2. The molecule has 0 amide bonds. The van der Waals surface area contributed by atoms with E-state index in [0.29, 0.717) is 5.88 Å². The zero-order valence-corrected chi connectivity index (χ0v) is 7.52. The Kier molecular flexibility index (Phi) is 5.91. The number of hydrogen-bond donors (Lipinski definition) is 2. The SMILES string of the molecule is SC(S)CC(Cl)CCl. The number of hydrogen-bond acceptors (Lipinski definition) is 2. The van der Waals surface area contributed by atoms with Crippen molar-refractivity contribution in [3.8, 4) is 0 Å². The van der Waals surface area contributed by atoms with Gasteiger partial charge in [0.05, 0.1) is 0 Å². The van der Waals surface area contributed by atoms with Crippen molar-refractivity contribution in [2.24, 2.45) is 0 Å². The minimum absolute atomic E-state index is 0.0108. The van der Waals surface area contributed by atoms with Gasteiger partial charge >= 0.3 is 0 Å². The Hall–Kier alpha value is 1.28. The standard InChI is InChI=1S/C4H8Cl2S2/c5-2-3(6)1-4(7)8/h3-4,7-8H,1-2H2. The maximum atomic E-state index is 5.63. The van der Waals surface area contributed by atoms with Crippen molar-refractivity contribution in [2.45, 2.75) is 16.4 Å². The molecule has 0 aromatic heterocycles. The quantitative estimate of drug-likeness (QED) is 0.382. The fourth-order valence-electron chi connectivity index (χ4n) is 0.292. The Morgan fingerprint density at radius 3 is 2.00 bits per heavy atom. The van der Waals surface area contributed by atoms with Crippen LogP contribution in [0.2, 0.25) is 0 Å². The van der Waals surface area contributed by atoms with Crippen molar-refractivity contribution in [1.29, 1.82) is 0 Å². The van der Waals surface area contributed by atoms with E-state index >= 15 is 0 Å². The molecule has 0 spiro atoms. The molecular weight excluding hydrogens is 183 g/mol. The fourth-order valence-corrected chi connectivity index (χ4v) is 1.35. The lowest BCUT2D eigenvalue weighted by Crippen LogP contribution is -2.04. The maximum absolute atomic E-state index is 5.63. The smallest absolute Gasteiger partial charge is 0.0489 e. The molecule has 0 radical (unpaired) electrons. The molecule has 0 saturated carbocycles. The summed E-state index contributed by atoms with van der Waals surface area (Å²) in [5.74, 6) is 0.471. The van der Waals surface area contributed by atoms with Crippen molar-refractivity contribution >= 4 is 48.5 Å². The topological polar surface area (TPSA) is 0 Å². The molecule has 0 aromatic rings. The number of thiol groups is 2. The third kappa shape index (κ3) is 5.42. The zero-order valence-electron chi connectivity index (χ0n) is 4.22. The van der Waals surface area contributed by atoms with E-state index in [1.165, 1.54) is 0 Å². The minimum Gasteiger partial charge on any atom is -0.165 e. The van der Waals surface area contributed by atoms with Gasteiger partial charge in [-0.05, 0) is 6.42 Å². The molecule has 0 N–H and O–H groups in total. The van der Waals surface area contributed by atoms with Gasteiger partial charge < -0.3 is 0 Å². The second-order valence-corrected chi connectivity index (χ2v) is 4.05. The molecule has 0 rings (SSSR count). The van der Waals surface area contributed by atoms with E-state index < -0.39 is 0 Å². The van der Waals surface area contributed by atoms with Gasteiger partial charge in [-0.25, -0.2) is 0 Å². The molecule has 0 heterocycles. The second-order valence-electron chi connectivity index (χ2n) is 1.47. The number of halogens is 2. The molecule has 1 atom stereocenters. The summed E-state index contributed by atoms with van der Waals surface area (Å²) in [4.78, 5) is 0. The summed E-state index contributed by atoms with van der Waals surface area (Å²) in [5, 5.41) is 0.0108. The van der Waals surface area contributed by atoms with E-state index in [1.54, 1.807) is 0 Å². The van der Waals surface area contributed by atoms with Crippen LogP contribution < -0.4 is 0 Å². The first-order valence-corrected chi connectivity index (χ1v) is 4.23. The molecule has 0 bridgehead atoms. The summed E-state index contributed by atoms with van der Waals surface area (Å²) in [7, 11) is 0. The highest BCUT2D eigenvalue weighted by Gasteiger charge is 2.04. The zero-order chi connectivity index (χ0) is 6.57. The molecule has 50 valence electrons. The van der Waals surface area contributed by atoms with Gasteiger partial charge in [0, 0.05) is 15.8 Å². The summed E-state index contributed by atoms with van der Waals surface area (Å²) >= 11 is 19.1. The summed E-state index contributed by atoms with van der Waals surface area (Å²) in [6, 6.07) is 0.